The van der Waals surface area contributed by atoms with Crippen molar-refractivity contribution in [1.29, 1.82) is 0 Å². The van der Waals surface area contributed by atoms with E-state index < -0.39 is 5.97 Å². The maximum absolute atomic E-state index is 10.4. The summed E-state index contributed by atoms with van der Waals surface area (Å²) in [6.07, 6.45) is 10.4. The highest BCUT2D eigenvalue weighted by Crippen LogP contribution is 2.21. The topological polar surface area (TPSA) is 49.8 Å². The molecular weight excluding hydrogens is 218 g/mol. The maximum Gasteiger partial charge on any atom is 0.329 e. The van der Waals surface area contributed by atoms with Gasteiger partial charge in [-0.2, -0.15) is 0 Å². The molecule has 1 atom stereocenters. The van der Waals surface area contributed by atoms with Crippen LogP contribution in [0, 0.1) is 0 Å². The normalized spacial score (nSPS) is 27.2. The van der Waals surface area contributed by atoms with Gasteiger partial charge in [0.25, 0.3) is 0 Å². The Morgan fingerprint density at radius 3 is 2.71 bits per heavy atom. The molecule has 1 fully saturated rings. The number of ether oxygens (including phenoxy) is 1. The quantitative estimate of drug-likeness (QED) is 0.758. The Morgan fingerprint density at radius 1 is 1.35 bits per heavy atom. The van der Waals surface area contributed by atoms with Crippen molar-refractivity contribution in [2.75, 3.05) is 19.7 Å². The molecule has 4 nitrogen and oxygen atoms in total. The van der Waals surface area contributed by atoms with Gasteiger partial charge < -0.3 is 9.84 Å². The Hall–Kier alpha value is -0.870. The van der Waals surface area contributed by atoms with Crippen LogP contribution in [0.25, 0.3) is 0 Å². The van der Waals surface area contributed by atoms with Crippen LogP contribution in [0.15, 0.2) is 12.2 Å². The number of hydrogen-bond acceptors (Lipinski definition) is 3. The Labute approximate surface area is 102 Å². The molecule has 4 heteroatoms. The predicted octanol–water partition coefficient (Wildman–Crippen LogP) is 1.66. The number of hydrogen-bond donors (Lipinski definition) is 1. The Kier molecular flexibility index (Phi) is 4.57. The molecule has 0 amide bonds. The third kappa shape index (κ3) is 3.82. The predicted molar refractivity (Wildman–Crippen MR) is 65.0 cm³/mol. The maximum atomic E-state index is 10.4. The molecule has 0 radical (unpaired) electrons. The van der Waals surface area contributed by atoms with Crippen molar-refractivity contribution in [2.45, 2.75) is 44.2 Å². The number of rotatable bonds is 4. The van der Waals surface area contributed by atoms with Gasteiger partial charge in [-0.15, -0.1) is 0 Å². The second-order valence-electron chi connectivity index (χ2n) is 4.87. The first-order valence-corrected chi connectivity index (χ1v) is 6.50. The summed E-state index contributed by atoms with van der Waals surface area (Å²) in [5.41, 5.74) is 0. The van der Waals surface area contributed by atoms with Crippen molar-refractivity contribution in [1.82, 2.24) is 4.90 Å². The van der Waals surface area contributed by atoms with Crippen molar-refractivity contribution >= 4 is 5.97 Å². The van der Waals surface area contributed by atoms with Crippen molar-refractivity contribution in [3.63, 3.8) is 0 Å². The van der Waals surface area contributed by atoms with Gasteiger partial charge in [0.2, 0.25) is 0 Å². The van der Waals surface area contributed by atoms with Crippen molar-refractivity contribution in [2.24, 2.45) is 0 Å². The highest BCUT2D eigenvalue weighted by molar-refractivity contribution is 5.68. The van der Waals surface area contributed by atoms with Crippen LogP contribution >= 0.6 is 0 Å². The molecule has 96 valence electrons. The van der Waals surface area contributed by atoms with Crippen LogP contribution in [0.1, 0.15) is 32.1 Å². The number of carboxylic acid groups (broad SMARTS) is 1. The number of aliphatic carboxylic acids is 1. The van der Waals surface area contributed by atoms with Crippen LogP contribution in [0.4, 0.5) is 0 Å². The summed E-state index contributed by atoms with van der Waals surface area (Å²) in [7, 11) is 0. The average molecular weight is 239 g/mol. The molecule has 0 bridgehead atoms. The second kappa shape index (κ2) is 6.17. The van der Waals surface area contributed by atoms with E-state index in [0.717, 1.165) is 25.9 Å². The van der Waals surface area contributed by atoms with Gasteiger partial charge in [0.05, 0.1) is 6.10 Å². The van der Waals surface area contributed by atoms with Gasteiger partial charge in [-0.05, 0) is 32.1 Å². The van der Waals surface area contributed by atoms with Crippen LogP contribution in [0.2, 0.25) is 0 Å². The van der Waals surface area contributed by atoms with E-state index in [-0.39, 0.29) is 12.7 Å². The minimum absolute atomic E-state index is 0.134. The smallest absolute Gasteiger partial charge is 0.329 e. The third-order valence-corrected chi connectivity index (χ3v) is 3.62. The molecule has 1 heterocycles. The summed E-state index contributed by atoms with van der Waals surface area (Å²) in [4.78, 5) is 12.9. The van der Waals surface area contributed by atoms with Crippen LogP contribution in [0.3, 0.4) is 0 Å². The Balaban J connectivity index is 1.72. The Morgan fingerprint density at radius 2 is 2.12 bits per heavy atom. The third-order valence-electron chi connectivity index (χ3n) is 3.62. The molecule has 0 aromatic heterocycles. The lowest BCUT2D eigenvalue weighted by molar-refractivity contribution is -0.145. The number of carboxylic acids is 1. The second-order valence-corrected chi connectivity index (χ2v) is 4.87. The Bertz CT molecular complexity index is 282. The van der Waals surface area contributed by atoms with E-state index >= 15 is 0 Å². The molecule has 1 N–H and O–H groups in total. The van der Waals surface area contributed by atoms with E-state index in [2.05, 4.69) is 17.1 Å². The van der Waals surface area contributed by atoms with Crippen LogP contribution in [-0.2, 0) is 9.53 Å². The molecule has 0 spiro atoms. The summed E-state index contributed by atoms with van der Waals surface area (Å²) >= 11 is 0. The summed E-state index contributed by atoms with van der Waals surface area (Å²) in [5.74, 6) is -0.873. The minimum Gasteiger partial charge on any atom is -0.480 e. The molecule has 17 heavy (non-hydrogen) atoms. The molecule has 0 aromatic carbocycles. The molecule has 1 aliphatic heterocycles. The standard InChI is InChI=1S/C13H21NO3/c15-13(16)10-17-12-6-8-14(9-7-12)11-4-2-1-3-5-11/h2,4,11-12H,1,3,5-10H2,(H,15,16). The number of carbonyl (C=O) groups is 1. The van der Waals surface area contributed by atoms with E-state index in [1.165, 1.54) is 19.3 Å². The van der Waals surface area contributed by atoms with Crippen LogP contribution < -0.4 is 0 Å². The largest absolute Gasteiger partial charge is 0.480 e. The molecule has 0 saturated carbocycles. The molecule has 2 rings (SSSR count). The molecule has 2 aliphatic rings. The highest BCUT2D eigenvalue weighted by atomic mass is 16.5. The fraction of sp³-hybridized carbons (Fsp3) is 0.769. The molecule has 1 aliphatic carbocycles. The van der Waals surface area contributed by atoms with Crippen molar-refractivity contribution in [3.8, 4) is 0 Å². The van der Waals surface area contributed by atoms with E-state index in [4.69, 9.17) is 9.84 Å². The van der Waals surface area contributed by atoms with Gasteiger partial charge in [0.1, 0.15) is 6.61 Å². The fourth-order valence-electron chi connectivity index (χ4n) is 2.66. The van der Waals surface area contributed by atoms with Gasteiger partial charge in [-0.1, -0.05) is 12.2 Å². The van der Waals surface area contributed by atoms with E-state index in [0.29, 0.717) is 6.04 Å². The fourth-order valence-corrected chi connectivity index (χ4v) is 2.66. The minimum atomic E-state index is -0.873. The highest BCUT2D eigenvalue weighted by Gasteiger charge is 2.24. The van der Waals surface area contributed by atoms with Crippen LogP contribution in [-0.4, -0.2) is 47.8 Å². The zero-order valence-corrected chi connectivity index (χ0v) is 10.2. The summed E-state index contributed by atoms with van der Waals surface area (Å²) in [6.45, 7) is 1.90. The van der Waals surface area contributed by atoms with Crippen LogP contribution in [0.5, 0.6) is 0 Å². The summed E-state index contributed by atoms with van der Waals surface area (Å²) in [5, 5.41) is 8.56. The average Bonchev–Trinajstić information content (AvgIpc) is 2.38. The molecule has 1 unspecified atom stereocenters. The first kappa shape index (κ1) is 12.6. The number of allylic oxidation sites excluding steroid dienone is 1. The van der Waals surface area contributed by atoms with E-state index in [1.54, 1.807) is 0 Å². The van der Waals surface area contributed by atoms with Gasteiger partial charge in [-0.25, -0.2) is 4.79 Å². The SMILES string of the molecule is O=C(O)COC1CCN(C2C=CCCC2)CC1. The lowest BCUT2D eigenvalue weighted by Crippen LogP contribution is -2.43. The van der Waals surface area contributed by atoms with Gasteiger partial charge >= 0.3 is 5.97 Å². The summed E-state index contributed by atoms with van der Waals surface area (Å²) < 4.78 is 5.34. The number of nitrogens with zero attached hydrogens (tertiary/aromatic N) is 1. The molecule has 0 aromatic rings. The monoisotopic (exact) mass is 239 g/mol. The molecular formula is C13H21NO3. The lowest BCUT2D eigenvalue weighted by Gasteiger charge is -2.37. The van der Waals surface area contributed by atoms with E-state index in [9.17, 15) is 4.79 Å². The first-order valence-electron chi connectivity index (χ1n) is 6.50. The van der Waals surface area contributed by atoms with Crippen molar-refractivity contribution in [3.05, 3.63) is 12.2 Å². The van der Waals surface area contributed by atoms with Crippen molar-refractivity contribution < 1.29 is 14.6 Å². The molecule has 1 saturated heterocycles. The van der Waals surface area contributed by atoms with Gasteiger partial charge in [-0.3, -0.25) is 4.90 Å². The number of piperidine rings is 1. The zero-order chi connectivity index (χ0) is 12.1. The first-order chi connectivity index (χ1) is 8.25. The van der Waals surface area contributed by atoms with Gasteiger partial charge in [0, 0.05) is 19.1 Å². The van der Waals surface area contributed by atoms with E-state index in [1.807, 2.05) is 0 Å². The van der Waals surface area contributed by atoms with Gasteiger partial charge in [0.15, 0.2) is 0 Å². The number of likely N-dealkylation sites (tertiary alicyclic amines) is 1. The lowest BCUT2D eigenvalue weighted by atomic mass is 9.98. The zero-order valence-electron chi connectivity index (χ0n) is 10.2. The summed E-state index contributed by atoms with van der Waals surface area (Å²) in [6, 6.07) is 0.601.